The summed E-state index contributed by atoms with van der Waals surface area (Å²) in [6.07, 6.45) is 12.2. The van der Waals surface area contributed by atoms with E-state index in [4.69, 9.17) is 4.74 Å². The number of ether oxygens (including phenoxy) is 1. The fourth-order valence-electron chi connectivity index (χ4n) is 2.24. The smallest absolute Gasteiger partial charge is 0.308 e. The van der Waals surface area contributed by atoms with E-state index in [2.05, 4.69) is 13.8 Å². The second kappa shape index (κ2) is 11.9. The van der Waals surface area contributed by atoms with E-state index in [1.807, 2.05) is 0 Å². The first-order valence-corrected chi connectivity index (χ1v) is 7.34. The molecule has 17 heavy (non-hydrogen) atoms. The van der Waals surface area contributed by atoms with Gasteiger partial charge >= 0.3 is 5.97 Å². The molecule has 2 nitrogen and oxygen atoms in total. The van der Waals surface area contributed by atoms with E-state index in [-0.39, 0.29) is 11.9 Å². The highest BCUT2D eigenvalue weighted by atomic mass is 16.5. The third kappa shape index (κ3) is 9.20. The van der Waals surface area contributed by atoms with Crippen molar-refractivity contribution < 1.29 is 9.53 Å². The molecule has 0 N–H and O–H groups in total. The van der Waals surface area contributed by atoms with Gasteiger partial charge in [0, 0.05) is 0 Å². The molecule has 0 heterocycles. The molecule has 0 saturated heterocycles. The molecule has 0 amide bonds. The first kappa shape index (κ1) is 16.5. The average Bonchev–Trinajstić information content (AvgIpc) is 2.35. The summed E-state index contributed by atoms with van der Waals surface area (Å²) in [5.74, 6) is 0.124. The summed E-state index contributed by atoms with van der Waals surface area (Å²) in [4.78, 5) is 11.5. The van der Waals surface area contributed by atoms with Crippen LogP contribution in [0.5, 0.6) is 0 Å². The van der Waals surface area contributed by atoms with Gasteiger partial charge in [-0.15, -0.1) is 0 Å². The van der Waals surface area contributed by atoms with Gasteiger partial charge in [0.05, 0.1) is 13.0 Å². The Morgan fingerprint density at radius 3 is 2.00 bits per heavy atom. The largest absolute Gasteiger partial charge is 0.469 e. The molecule has 0 bridgehead atoms. The lowest BCUT2D eigenvalue weighted by atomic mass is 9.96. The van der Waals surface area contributed by atoms with Crippen LogP contribution in [-0.2, 0) is 9.53 Å². The summed E-state index contributed by atoms with van der Waals surface area (Å²) >= 11 is 0. The molecule has 1 unspecified atom stereocenters. The van der Waals surface area contributed by atoms with E-state index in [9.17, 15) is 4.79 Å². The van der Waals surface area contributed by atoms with Crippen LogP contribution >= 0.6 is 0 Å². The normalized spacial score (nSPS) is 12.4. The molecule has 0 aliphatic rings. The van der Waals surface area contributed by atoms with E-state index < -0.39 is 0 Å². The molecule has 2 heteroatoms. The monoisotopic (exact) mass is 242 g/mol. The first-order valence-electron chi connectivity index (χ1n) is 7.34. The number of unbranched alkanes of at least 4 members (excludes halogenated alkanes) is 6. The van der Waals surface area contributed by atoms with E-state index in [0.717, 1.165) is 19.3 Å². The molecule has 0 aromatic carbocycles. The summed E-state index contributed by atoms with van der Waals surface area (Å²) in [6, 6.07) is 0. The molecule has 0 saturated carbocycles. The Hall–Kier alpha value is -0.530. The van der Waals surface area contributed by atoms with Crippen LogP contribution in [0, 0.1) is 5.92 Å². The average molecular weight is 242 g/mol. The second-order valence-corrected chi connectivity index (χ2v) is 4.92. The van der Waals surface area contributed by atoms with Gasteiger partial charge in [-0.05, 0) is 12.8 Å². The number of hydrogen-bond acceptors (Lipinski definition) is 2. The van der Waals surface area contributed by atoms with Crippen molar-refractivity contribution in [3.8, 4) is 0 Å². The molecule has 1 atom stereocenters. The highest BCUT2D eigenvalue weighted by molar-refractivity contribution is 5.72. The van der Waals surface area contributed by atoms with Gasteiger partial charge in [0.2, 0.25) is 0 Å². The van der Waals surface area contributed by atoms with E-state index in [0.29, 0.717) is 0 Å². The maximum absolute atomic E-state index is 11.5. The van der Waals surface area contributed by atoms with Gasteiger partial charge in [0.25, 0.3) is 0 Å². The number of carbonyl (C=O) groups excluding carboxylic acids is 1. The summed E-state index contributed by atoms with van der Waals surface area (Å²) in [7, 11) is 1.50. The van der Waals surface area contributed by atoms with Crippen molar-refractivity contribution in [2.45, 2.75) is 78.1 Å². The minimum atomic E-state index is -0.0159. The highest BCUT2D eigenvalue weighted by Crippen LogP contribution is 2.18. The van der Waals surface area contributed by atoms with E-state index in [1.54, 1.807) is 0 Å². The molecule has 102 valence electrons. The maximum Gasteiger partial charge on any atom is 0.308 e. The van der Waals surface area contributed by atoms with E-state index in [1.165, 1.54) is 52.1 Å². The topological polar surface area (TPSA) is 26.3 Å². The fourth-order valence-corrected chi connectivity index (χ4v) is 2.24. The van der Waals surface area contributed by atoms with Crippen LogP contribution in [0.3, 0.4) is 0 Å². The Bertz CT molecular complexity index is 178. The number of hydrogen-bond donors (Lipinski definition) is 0. The lowest BCUT2D eigenvalue weighted by Crippen LogP contribution is -2.15. The summed E-state index contributed by atoms with van der Waals surface area (Å²) < 4.78 is 4.84. The maximum atomic E-state index is 11.5. The van der Waals surface area contributed by atoms with Crippen molar-refractivity contribution in [3.63, 3.8) is 0 Å². The lowest BCUT2D eigenvalue weighted by molar-refractivity contribution is -0.146. The molecule has 0 rings (SSSR count). The Morgan fingerprint density at radius 1 is 0.882 bits per heavy atom. The summed E-state index contributed by atoms with van der Waals surface area (Å²) in [6.45, 7) is 4.37. The van der Waals surface area contributed by atoms with Crippen molar-refractivity contribution in [2.24, 2.45) is 5.92 Å². The summed E-state index contributed by atoms with van der Waals surface area (Å²) in [5.41, 5.74) is 0. The van der Waals surface area contributed by atoms with Gasteiger partial charge in [-0.25, -0.2) is 0 Å². The predicted octanol–water partition coefficient (Wildman–Crippen LogP) is 4.72. The standard InChI is InChI=1S/C15H30O2/c1-4-6-7-8-9-10-11-13-14(12-5-2)15(16)17-3/h14H,4-13H2,1-3H3. The number of esters is 1. The van der Waals surface area contributed by atoms with Gasteiger partial charge in [-0.1, -0.05) is 65.2 Å². The Morgan fingerprint density at radius 2 is 1.47 bits per heavy atom. The van der Waals surface area contributed by atoms with Crippen LogP contribution in [0.25, 0.3) is 0 Å². The van der Waals surface area contributed by atoms with Crippen molar-refractivity contribution in [1.29, 1.82) is 0 Å². The number of carbonyl (C=O) groups is 1. The van der Waals surface area contributed by atoms with Gasteiger partial charge < -0.3 is 4.74 Å². The molecule has 0 aromatic rings. The molecule has 0 aliphatic heterocycles. The molecular formula is C15H30O2. The first-order chi connectivity index (χ1) is 8.26. The second-order valence-electron chi connectivity index (χ2n) is 4.92. The lowest BCUT2D eigenvalue weighted by Gasteiger charge is -2.13. The zero-order valence-corrected chi connectivity index (χ0v) is 12.0. The zero-order valence-electron chi connectivity index (χ0n) is 12.0. The predicted molar refractivity (Wildman–Crippen MR) is 73.0 cm³/mol. The molecular weight excluding hydrogens is 212 g/mol. The van der Waals surface area contributed by atoms with Crippen molar-refractivity contribution in [3.05, 3.63) is 0 Å². The SMILES string of the molecule is CCCCCCCCCC(CCC)C(=O)OC. The van der Waals surface area contributed by atoms with Crippen LogP contribution in [-0.4, -0.2) is 13.1 Å². The minimum absolute atomic E-state index is 0.0159. The summed E-state index contributed by atoms with van der Waals surface area (Å²) in [5, 5.41) is 0. The molecule has 0 aromatic heterocycles. The number of methoxy groups -OCH3 is 1. The van der Waals surface area contributed by atoms with E-state index >= 15 is 0 Å². The van der Waals surface area contributed by atoms with Crippen molar-refractivity contribution in [1.82, 2.24) is 0 Å². The van der Waals surface area contributed by atoms with Crippen LogP contribution in [0.2, 0.25) is 0 Å². The molecule has 0 aliphatic carbocycles. The molecule has 0 fully saturated rings. The van der Waals surface area contributed by atoms with Crippen LogP contribution in [0.4, 0.5) is 0 Å². The quantitative estimate of drug-likeness (QED) is 0.387. The zero-order chi connectivity index (χ0) is 12.9. The van der Waals surface area contributed by atoms with Crippen molar-refractivity contribution in [2.75, 3.05) is 7.11 Å². The molecule has 0 radical (unpaired) electrons. The third-order valence-electron chi connectivity index (χ3n) is 3.33. The Kier molecular flexibility index (Phi) is 11.6. The fraction of sp³-hybridized carbons (Fsp3) is 0.933. The minimum Gasteiger partial charge on any atom is -0.469 e. The highest BCUT2D eigenvalue weighted by Gasteiger charge is 2.16. The van der Waals surface area contributed by atoms with Gasteiger partial charge in [-0.3, -0.25) is 4.79 Å². The Labute approximate surface area is 107 Å². The van der Waals surface area contributed by atoms with Crippen LogP contribution < -0.4 is 0 Å². The molecule has 0 spiro atoms. The number of rotatable bonds is 11. The Balaban J connectivity index is 3.51. The van der Waals surface area contributed by atoms with Gasteiger partial charge in [-0.2, -0.15) is 0 Å². The van der Waals surface area contributed by atoms with Crippen LogP contribution in [0.1, 0.15) is 78.1 Å². The van der Waals surface area contributed by atoms with Crippen LogP contribution in [0.15, 0.2) is 0 Å². The van der Waals surface area contributed by atoms with Gasteiger partial charge in [0.15, 0.2) is 0 Å². The van der Waals surface area contributed by atoms with Crippen molar-refractivity contribution >= 4 is 5.97 Å². The van der Waals surface area contributed by atoms with Gasteiger partial charge in [0.1, 0.15) is 0 Å². The third-order valence-corrected chi connectivity index (χ3v) is 3.33.